The third-order valence-electron chi connectivity index (χ3n) is 3.03. The van der Waals surface area contributed by atoms with Gasteiger partial charge in [0.1, 0.15) is 0 Å². The smallest absolute Gasteiger partial charge is 0.343 e. The van der Waals surface area contributed by atoms with Crippen molar-refractivity contribution in [3.8, 4) is 0 Å². The maximum Gasteiger partial charge on any atom is 0.469 e. The van der Waals surface area contributed by atoms with Crippen LogP contribution in [0, 0.1) is 11.3 Å². The molecular formula is C11H20N3O6PS. The van der Waals surface area contributed by atoms with Crippen LogP contribution in [-0.4, -0.2) is 69.1 Å². The summed E-state index contributed by atoms with van der Waals surface area (Å²) in [5.74, 6) is 0.314. The SMILES string of the molecule is CC(=O)SCC1CC(=O)N(C(=N)N(C)CCOP(=O)(O)O)C1. The van der Waals surface area contributed by atoms with Crippen LogP contribution in [0.15, 0.2) is 0 Å². The first kappa shape index (κ1) is 19.1. The predicted molar refractivity (Wildman–Crippen MR) is 81.3 cm³/mol. The molecule has 22 heavy (non-hydrogen) atoms. The average molecular weight is 353 g/mol. The van der Waals surface area contributed by atoms with Crippen molar-refractivity contribution in [2.75, 3.05) is 32.5 Å². The lowest BCUT2D eigenvalue weighted by molar-refractivity contribution is -0.125. The van der Waals surface area contributed by atoms with E-state index in [1.54, 1.807) is 0 Å². The molecule has 0 aromatic rings. The molecule has 1 amide bonds. The summed E-state index contributed by atoms with van der Waals surface area (Å²) in [4.78, 5) is 42.7. The van der Waals surface area contributed by atoms with Crippen molar-refractivity contribution in [1.29, 1.82) is 5.41 Å². The summed E-state index contributed by atoms with van der Waals surface area (Å²) < 4.78 is 14.9. The summed E-state index contributed by atoms with van der Waals surface area (Å²) in [6.07, 6.45) is 0.287. The zero-order valence-corrected chi connectivity index (χ0v) is 14.1. The number of carbonyl (C=O) groups is 2. The van der Waals surface area contributed by atoms with Gasteiger partial charge in [0.2, 0.25) is 5.91 Å². The van der Waals surface area contributed by atoms with E-state index in [2.05, 4.69) is 4.52 Å². The highest BCUT2D eigenvalue weighted by molar-refractivity contribution is 8.13. The Morgan fingerprint density at radius 2 is 2.23 bits per heavy atom. The Kier molecular flexibility index (Phi) is 7.01. The van der Waals surface area contributed by atoms with Crippen molar-refractivity contribution in [3.05, 3.63) is 0 Å². The molecule has 9 nitrogen and oxygen atoms in total. The summed E-state index contributed by atoms with van der Waals surface area (Å²) in [5.41, 5.74) is 0. The molecule has 1 aliphatic rings. The van der Waals surface area contributed by atoms with E-state index in [-0.39, 0.29) is 42.5 Å². The van der Waals surface area contributed by atoms with Crippen LogP contribution >= 0.6 is 19.6 Å². The summed E-state index contributed by atoms with van der Waals surface area (Å²) in [5, 5.41) is 7.96. The molecular weight excluding hydrogens is 333 g/mol. The summed E-state index contributed by atoms with van der Waals surface area (Å²) in [7, 11) is -2.99. The van der Waals surface area contributed by atoms with E-state index in [0.717, 1.165) is 11.8 Å². The number of rotatable bonds is 6. The number of carbonyl (C=O) groups excluding carboxylic acids is 2. The van der Waals surface area contributed by atoms with Crippen LogP contribution in [0.25, 0.3) is 0 Å². The van der Waals surface area contributed by atoms with Gasteiger partial charge in [0.05, 0.1) is 6.61 Å². The highest BCUT2D eigenvalue weighted by atomic mass is 32.2. The topological polar surface area (TPSA) is 131 Å². The predicted octanol–water partition coefficient (Wildman–Crippen LogP) is 0.0905. The molecule has 1 aliphatic heterocycles. The van der Waals surface area contributed by atoms with Crippen LogP contribution in [0.3, 0.4) is 0 Å². The molecule has 0 aromatic heterocycles. The van der Waals surface area contributed by atoms with E-state index in [1.165, 1.54) is 23.8 Å². The van der Waals surface area contributed by atoms with Crippen molar-refractivity contribution >= 4 is 36.6 Å². The molecule has 0 aliphatic carbocycles. The van der Waals surface area contributed by atoms with Crippen LogP contribution in [0.4, 0.5) is 0 Å². The van der Waals surface area contributed by atoms with Crippen molar-refractivity contribution in [2.45, 2.75) is 13.3 Å². The Morgan fingerprint density at radius 3 is 2.77 bits per heavy atom. The van der Waals surface area contributed by atoms with E-state index in [4.69, 9.17) is 15.2 Å². The lowest BCUT2D eigenvalue weighted by atomic mass is 10.1. The lowest BCUT2D eigenvalue weighted by Crippen LogP contribution is -2.43. The normalized spacial score (nSPS) is 18.6. The molecule has 1 atom stereocenters. The van der Waals surface area contributed by atoms with Crippen LogP contribution in [0.5, 0.6) is 0 Å². The number of phosphoric ester groups is 1. The third kappa shape index (κ3) is 6.45. The first-order valence-electron chi connectivity index (χ1n) is 6.53. The van der Waals surface area contributed by atoms with Gasteiger partial charge >= 0.3 is 7.82 Å². The zero-order valence-electron chi connectivity index (χ0n) is 12.4. The van der Waals surface area contributed by atoms with Gasteiger partial charge in [-0.25, -0.2) is 4.57 Å². The fourth-order valence-corrected chi connectivity index (χ4v) is 2.95. The first-order chi connectivity index (χ1) is 10.1. The molecule has 0 saturated carbocycles. The lowest BCUT2D eigenvalue weighted by Gasteiger charge is -2.26. The monoisotopic (exact) mass is 353 g/mol. The number of nitrogens with one attached hydrogen (secondary N) is 1. The molecule has 1 fully saturated rings. The van der Waals surface area contributed by atoms with Crippen LogP contribution in [-0.2, 0) is 18.7 Å². The van der Waals surface area contributed by atoms with E-state index >= 15 is 0 Å². The molecule has 1 rings (SSSR count). The fourth-order valence-electron chi connectivity index (χ4n) is 1.94. The summed E-state index contributed by atoms with van der Waals surface area (Å²) >= 11 is 1.16. The summed E-state index contributed by atoms with van der Waals surface area (Å²) in [6.45, 7) is 1.65. The number of phosphoric acid groups is 1. The zero-order chi connectivity index (χ0) is 16.9. The van der Waals surface area contributed by atoms with Crippen LogP contribution in [0.2, 0.25) is 0 Å². The Hall–Kier alpha value is -0.930. The largest absolute Gasteiger partial charge is 0.469 e. The maximum absolute atomic E-state index is 11.9. The van der Waals surface area contributed by atoms with E-state index in [9.17, 15) is 14.2 Å². The molecule has 1 heterocycles. The minimum absolute atomic E-state index is 0.00678. The molecule has 1 saturated heterocycles. The molecule has 11 heteroatoms. The number of nitrogens with zero attached hydrogens (tertiary/aromatic N) is 2. The Labute approximate surface area is 132 Å². The van der Waals surface area contributed by atoms with Gasteiger partial charge in [-0.3, -0.25) is 24.4 Å². The second-order valence-electron chi connectivity index (χ2n) is 4.95. The minimum atomic E-state index is -4.53. The van der Waals surface area contributed by atoms with Crippen LogP contribution in [0.1, 0.15) is 13.3 Å². The number of guanidine groups is 1. The van der Waals surface area contributed by atoms with E-state index < -0.39 is 7.82 Å². The van der Waals surface area contributed by atoms with Gasteiger partial charge in [-0.15, -0.1) is 0 Å². The van der Waals surface area contributed by atoms with Gasteiger partial charge in [-0.2, -0.15) is 0 Å². The number of thioether (sulfide) groups is 1. The van der Waals surface area contributed by atoms with Crippen molar-refractivity contribution < 1.29 is 28.5 Å². The number of hydrogen-bond acceptors (Lipinski definition) is 6. The highest BCUT2D eigenvalue weighted by Crippen LogP contribution is 2.35. The Bertz CT molecular complexity index is 496. The molecule has 0 spiro atoms. The second-order valence-corrected chi connectivity index (χ2v) is 7.38. The molecule has 0 radical (unpaired) electrons. The van der Waals surface area contributed by atoms with Gasteiger partial charge in [0.25, 0.3) is 0 Å². The number of amides is 1. The molecule has 0 aromatic carbocycles. The van der Waals surface area contributed by atoms with E-state index in [1.807, 2.05) is 0 Å². The van der Waals surface area contributed by atoms with Crippen LogP contribution < -0.4 is 0 Å². The van der Waals surface area contributed by atoms with E-state index in [0.29, 0.717) is 12.3 Å². The van der Waals surface area contributed by atoms with Gasteiger partial charge in [0, 0.05) is 39.2 Å². The van der Waals surface area contributed by atoms with Gasteiger partial charge < -0.3 is 14.7 Å². The second kappa shape index (κ2) is 8.07. The van der Waals surface area contributed by atoms with Crippen molar-refractivity contribution in [3.63, 3.8) is 0 Å². The summed E-state index contributed by atoms with van der Waals surface area (Å²) in [6, 6.07) is 0. The fraction of sp³-hybridized carbons (Fsp3) is 0.727. The standard InChI is InChI=1S/C11H20N3O6PS/c1-8(15)22-7-9-5-10(16)14(6-9)11(12)13(2)3-4-20-21(17,18)19/h9,12H,3-7H2,1-2H3,(H2,17,18,19). The molecule has 0 bridgehead atoms. The minimum Gasteiger partial charge on any atom is -0.343 e. The molecule has 3 N–H and O–H groups in total. The average Bonchev–Trinajstić information content (AvgIpc) is 2.75. The molecule has 1 unspecified atom stereocenters. The number of likely N-dealkylation sites (tertiary alicyclic amines) is 1. The first-order valence-corrected chi connectivity index (χ1v) is 9.05. The van der Waals surface area contributed by atoms with Gasteiger partial charge in [-0.05, 0) is 5.92 Å². The maximum atomic E-state index is 11.9. The van der Waals surface area contributed by atoms with Gasteiger partial charge in [0.15, 0.2) is 11.1 Å². The Morgan fingerprint density at radius 1 is 1.59 bits per heavy atom. The quantitative estimate of drug-likeness (QED) is 0.348. The van der Waals surface area contributed by atoms with Crippen molar-refractivity contribution in [2.24, 2.45) is 5.92 Å². The molecule has 126 valence electrons. The highest BCUT2D eigenvalue weighted by Gasteiger charge is 2.33. The number of likely N-dealkylation sites (N-methyl/N-ethyl adjacent to an activating group) is 1. The van der Waals surface area contributed by atoms with Gasteiger partial charge in [-0.1, -0.05) is 11.8 Å². The third-order valence-corrected chi connectivity index (χ3v) is 4.59. The van der Waals surface area contributed by atoms with Crippen molar-refractivity contribution in [1.82, 2.24) is 9.80 Å². The Balaban J connectivity index is 2.45. The number of hydrogen-bond donors (Lipinski definition) is 3.